The van der Waals surface area contributed by atoms with Gasteiger partial charge in [-0.05, 0) is 13.8 Å². The molecule has 18 heavy (non-hydrogen) atoms. The minimum Gasteiger partial charge on any atom is -0.350 e. The zero-order valence-electron chi connectivity index (χ0n) is 9.89. The van der Waals surface area contributed by atoms with Crippen molar-refractivity contribution in [3.8, 4) is 0 Å². The summed E-state index contributed by atoms with van der Waals surface area (Å²) < 4.78 is 39.0. The predicted octanol–water partition coefficient (Wildman–Crippen LogP) is 1.99. The van der Waals surface area contributed by atoms with Crippen LogP contribution in [0, 0.1) is 17.5 Å². The van der Waals surface area contributed by atoms with E-state index in [0.29, 0.717) is 12.1 Å². The summed E-state index contributed by atoms with van der Waals surface area (Å²) in [5.41, 5.74) is 4.08. The van der Waals surface area contributed by atoms with E-state index < -0.39 is 34.5 Å². The molecule has 1 aromatic carbocycles. The largest absolute Gasteiger partial charge is 0.350 e. The molecular weight excluding hydrogens is 269 g/mol. The van der Waals surface area contributed by atoms with Crippen LogP contribution in [0.3, 0.4) is 0 Å². The Kier molecular flexibility index (Phi) is 5.63. The fourth-order valence-corrected chi connectivity index (χ4v) is 1.16. The van der Waals surface area contributed by atoms with Gasteiger partial charge in [-0.15, -0.1) is 12.4 Å². The van der Waals surface area contributed by atoms with Gasteiger partial charge in [0.05, 0.1) is 0 Å². The molecular formula is C11H14ClF3N2O. The molecule has 1 amide bonds. The lowest BCUT2D eigenvalue weighted by Gasteiger charge is -2.19. The van der Waals surface area contributed by atoms with Crippen LogP contribution in [0.25, 0.3) is 0 Å². The molecule has 102 valence electrons. The number of rotatable bonds is 3. The molecule has 0 heterocycles. The highest BCUT2D eigenvalue weighted by Crippen LogP contribution is 2.14. The Morgan fingerprint density at radius 2 is 1.72 bits per heavy atom. The summed E-state index contributed by atoms with van der Waals surface area (Å²) in [5.74, 6) is -4.51. The monoisotopic (exact) mass is 282 g/mol. The fourth-order valence-electron chi connectivity index (χ4n) is 1.16. The normalized spacial score (nSPS) is 10.8. The first-order valence-corrected chi connectivity index (χ1v) is 4.92. The van der Waals surface area contributed by atoms with E-state index in [-0.39, 0.29) is 19.0 Å². The number of hydrogen-bond acceptors (Lipinski definition) is 2. The van der Waals surface area contributed by atoms with Gasteiger partial charge in [0.2, 0.25) is 0 Å². The molecule has 3 nitrogen and oxygen atoms in total. The van der Waals surface area contributed by atoms with Gasteiger partial charge in [-0.3, -0.25) is 4.79 Å². The molecule has 7 heteroatoms. The maximum Gasteiger partial charge on any atom is 0.257 e. The van der Waals surface area contributed by atoms with Gasteiger partial charge in [0, 0.05) is 24.2 Å². The highest BCUT2D eigenvalue weighted by Gasteiger charge is 2.20. The van der Waals surface area contributed by atoms with E-state index in [1.165, 1.54) is 0 Å². The van der Waals surface area contributed by atoms with E-state index in [4.69, 9.17) is 5.73 Å². The number of carbonyl (C=O) groups excluding carboxylic acids is 1. The molecule has 0 aliphatic heterocycles. The minimum absolute atomic E-state index is 0. The van der Waals surface area contributed by atoms with Gasteiger partial charge >= 0.3 is 0 Å². The average molecular weight is 283 g/mol. The van der Waals surface area contributed by atoms with Crippen LogP contribution in [0.15, 0.2) is 12.1 Å². The lowest BCUT2D eigenvalue weighted by Crippen LogP contribution is -2.45. The second-order valence-corrected chi connectivity index (χ2v) is 4.42. The Bertz CT molecular complexity index is 423. The molecule has 1 aromatic rings. The van der Waals surface area contributed by atoms with Crippen molar-refractivity contribution < 1.29 is 18.0 Å². The number of benzene rings is 1. The summed E-state index contributed by atoms with van der Waals surface area (Å²) in [6.07, 6.45) is 0. The van der Waals surface area contributed by atoms with Crippen molar-refractivity contribution in [3.63, 3.8) is 0 Å². The van der Waals surface area contributed by atoms with Crippen molar-refractivity contribution in [3.05, 3.63) is 35.1 Å². The molecule has 0 radical (unpaired) electrons. The number of hydrogen-bond donors (Lipinski definition) is 2. The second kappa shape index (κ2) is 6.06. The second-order valence-electron chi connectivity index (χ2n) is 4.42. The molecule has 3 N–H and O–H groups in total. The van der Waals surface area contributed by atoms with Crippen LogP contribution < -0.4 is 11.1 Å². The van der Waals surface area contributed by atoms with Crippen LogP contribution in [0.1, 0.15) is 24.2 Å². The topological polar surface area (TPSA) is 55.1 Å². The Hall–Kier alpha value is -1.27. The van der Waals surface area contributed by atoms with Crippen LogP contribution in [0.4, 0.5) is 13.2 Å². The number of nitrogens with one attached hydrogen (secondary N) is 1. The van der Waals surface area contributed by atoms with Crippen LogP contribution in [0.5, 0.6) is 0 Å². The predicted molar refractivity (Wildman–Crippen MR) is 64.2 cm³/mol. The Labute approximate surface area is 109 Å². The van der Waals surface area contributed by atoms with Gasteiger partial charge in [-0.25, -0.2) is 13.2 Å². The standard InChI is InChI=1S/C11H13F3N2O.ClH/c1-11(2,15)5-16-10(17)9-7(13)3-6(12)4-8(9)14;/h3-4H,5,15H2,1-2H3,(H,16,17);1H. The van der Waals surface area contributed by atoms with E-state index in [2.05, 4.69) is 5.32 Å². The Morgan fingerprint density at radius 3 is 2.11 bits per heavy atom. The first kappa shape index (κ1) is 16.7. The third kappa shape index (κ3) is 4.54. The maximum absolute atomic E-state index is 13.2. The first-order chi connectivity index (χ1) is 7.70. The quantitative estimate of drug-likeness (QED) is 0.891. The highest BCUT2D eigenvalue weighted by molar-refractivity contribution is 5.94. The van der Waals surface area contributed by atoms with Crippen molar-refractivity contribution >= 4 is 18.3 Å². The summed E-state index contributed by atoms with van der Waals surface area (Å²) >= 11 is 0. The zero-order chi connectivity index (χ0) is 13.2. The molecule has 0 unspecified atom stereocenters. The van der Waals surface area contributed by atoms with Gasteiger partial charge < -0.3 is 11.1 Å². The molecule has 0 spiro atoms. The van der Waals surface area contributed by atoms with Crippen molar-refractivity contribution in [2.24, 2.45) is 5.73 Å². The zero-order valence-corrected chi connectivity index (χ0v) is 10.7. The smallest absolute Gasteiger partial charge is 0.257 e. The molecule has 0 saturated heterocycles. The van der Waals surface area contributed by atoms with Gasteiger partial charge in [-0.1, -0.05) is 0 Å². The average Bonchev–Trinajstić information content (AvgIpc) is 2.11. The third-order valence-electron chi connectivity index (χ3n) is 1.94. The lowest BCUT2D eigenvalue weighted by atomic mass is 10.1. The number of amides is 1. The SMILES string of the molecule is CC(C)(N)CNC(=O)c1c(F)cc(F)cc1F.Cl. The van der Waals surface area contributed by atoms with Gasteiger partial charge in [-0.2, -0.15) is 0 Å². The first-order valence-electron chi connectivity index (χ1n) is 4.92. The number of halogens is 4. The summed E-state index contributed by atoms with van der Waals surface area (Å²) in [6.45, 7) is 3.33. The molecule has 0 saturated carbocycles. The summed E-state index contributed by atoms with van der Waals surface area (Å²) in [4.78, 5) is 11.5. The molecule has 0 bridgehead atoms. The molecule has 0 aromatic heterocycles. The van der Waals surface area contributed by atoms with Crippen LogP contribution >= 0.6 is 12.4 Å². The molecule has 0 aliphatic carbocycles. The van der Waals surface area contributed by atoms with Crippen LogP contribution in [-0.2, 0) is 0 Å². The number of nitrogens with two attached hydrogens (primary N) is 1. The highest BCUT2D eigenvalue weighted by atomic mass is 35.5. The molecule has 0 atom stereocenters. The third-order valence-corrected chi connectivity index (χ3v) is 1.94. The summed E-state index contributed by atoms with van der Waals surface area (Å²) in [5, 5.41) is 2.27. The molecule has 1 rings (SSSR count). The van der Waals surface area contributed by atoms with Crippen molar-refractivity contribution in [2.75, 3.05) is 6.54 Å². The van der Waals surface area contributed by atoms with Crippen molar-refractivity contribution in [2.45, 2.75) is 19.4 Å². The van der Waals surface area contributed by atoms with Gasteiger partial charge in [0.25, 0.3) is 5.91 Å². The van der Waals surface area contributed by atoms with E-state index in [1.807, 2.05) is 0 Å². The summed E-state index contributed by atoms with van der Waals surface area (Å²) in [7, 11) is 0. The molecule has 0 aliphatic rings. The van der Waals surface area contributed by atoms with Gasteiger partial charge in [0.1, 0.15) is 23.0 Å². The fraction of sp³-hybridized carbons (Fsp3) is 0.364. The maximum atomic E-state index is 13.2. The Balaban J connectivity index is 0.00000289. The van der Waals surface area contributed by atoms with Crippen LogP contribution in [-0.4, -0.2) is 18.0 Å². The van der Waals surface area contributed by atoms with E-state index in [9.17, 15) is 18.0 Å². The Morgan fingerprint density at radius 1 is 1.28 bits per heavy atom. The van der Waals surface area contributed by atoms with Crippen molar-refractivity contribution in [1.29, 1.82) is 0 Å². The molecule has 0 fully saturated rings. The van der Waals surface area contributed by atoms with E-state index in [1.54, 1.807) is 13.8 Å². The minimum atomic E-state index is -1.24. The van der Waals surface area contributed by atoms with Crippen molar-refractivity contribution in [1.82, 2.24) is 5.32 Å². The number of carbonyl (C=O) groups is 1. The van der Waals surface area contributed by atoms with Gasteiger partial charge in [0.15, 0.2) is 0 Å². The summed E-state index contributed by atoms with van der Waals surface area (Å²) in [6, 6.07) is 0.900. The lowest BCUT2D eigenvalue weighted by molar-refractivity contribution is 0.0937. The van der Waals surface area contributed by atoms with E-state index in [0.717, 1.165) is 0 Å². The van der Waals surface area contributed by atoms with Crippen LogP contribution in [0.2, 0.25) is 0 Å². The van der Waals surface area contributed by atoms with E-state index >= 15 is 0 Å².